The number of benzene rings is 5. The van der Waals surface area contributed by atoms with Gasteiger partial charge in [0.1, 0.15) is 18.2 Å². The number of carboxylic acids is 1. The third kappa shape index (κ3) is 7.32. The number of aliphatic carboxylic acids is 1. The second-order valence-electron chi connectivity index (χ2n) is 11.9. The van der Waals surface area contributed by atoms with Gasteiger partial charge in [-0.2, -0.15) is 0 Å². The Balaban J connectivity index is 1.18. The molecule has 5 aromatic carbocycles. The van der Waals surface area contributed by atoms with Crippen LogP contribution in [0.2, 0.25) is 0 Å². The Morgan fingerprint density at radius 1 is 0.627 bits per heavy atom. The molecular weight excluding hydrogens is 648 g/mol. The van der Waals surface area contributed by atoms with Crippen LogP contribution in [0, 0.1) is 0 Å². The predicted octanol–water partition coefficient (Wildman–Crippen LogP) is 4.62. The molecule has 6 rings (SSSR count). The molecule has 0 aromatic heterocycles. The van der Waals surface area contributed by atoms with E-state index >= 15 is 0 Å². The molecule has 0 saturated heterocycles. The fourth-order valence-electron chi connectivity index (χ4n) is 6.49. The van der Waals surface area contributed by atoms with E-state index < -0.39 is 47.8 Å². The van der Waals surface area contributed by atoms with Gasteiger partial charge < -0.3 is 20.5 Å². The molecule has 51 heavy (non-hydrogen) atoms. The van der Waals surface area contributed by atoms with Gasteiger partial charge in [-0.3, -0.25) is 19.8 Å². The van der Waals surface area contributed by atoms with E-state index in [0.717, 1.165) is 22.3 Å². The molecule has 5 N–H and O–H groups in total. The van der Waals surface area contributed by atoms with Crippen molar-refractivity contribution < 1.29 is 33.8 Å². The number of rotatable bonds is 10. The number of carbonyl (C=O) groups is 5. The maximum absolute atomic E-state index is 13.9. The maximum atomic E-state index is 13.9. The molecule has 0 radical (unpaired) electrons. The van der Waals surface area contributed by atoms with Crippen molar-refractivity contribution in [2.24, 2.45) is 0 Å². The Labute approximate surface area is 293 Å². The molecule has 1 unspecified atom stereocenters. The van der Waals surface area contributed by atoms with Crippen LogP contribution in [0.15, 0.2) is 140 Å². The number of hydrazine groups is 1. The highest BCUT2D eigenvalue weighted by Gasteiger charge is 2.39. The number of ether oxygens (including phenoxy) is 1. The van der Waals surface area contributed by atoms with Gasteiger partial charge in [-0.25, -0.2) is 15.0 Å². The Bertz CT molecular complexity index is 1910. The summed E-state index contributed by atoms with van der Waals surface area (Å²) < 4.78 is 5.46. The lowest BCUT2D eigenvalue weighted by Gasteiger charge is -2.37. The highest BCUT2D eigenvalue weighted by atomic mass is 16.6. The highest BCUT2D eigenvalue weighted by molar-refractivity contribution is 6.32. The zero-order chi connectivity index (χ0) is 35.8. The molecule has 1 aliphatic rings. The zero-order valence-electron chi connectivity index (χ0n) is 27.2. The predicted molar refractivity (Wildman–Crippen MR) is 188 cm³/mol. The highest BCUT2D eigenvalue weighted by Crippen LogP contribution is 2.44. The van der Waals surface area contributed by atoms with E-state index in [9.17, 15) is 29.1 Å². The zero-order valence-corrected chi connectivity index (χ0v) is 27.2. The molecule has 0 spiro atoms. The number of nitrogens with one attached hydrogen (secondary N) is 4. The van der Waals surface area contributed by atoms with Crippen molar-refractivity contribution in [1.29, 1.82) is 0 Å². The first-order chi connectivity index (χ1) is 24.8. The van der Waals surface area contributed by atoms with Crippen molar-refractivity contribution in [3.05, 3.63) is 167 Å². The summed E-state index contributed by atoms with van der Waals surface area (Å²) in [6, 6.07) is 41.6. The van der Waals surface area contributed by atoms with Crippen LogP contribution in [0.1, 0.15) is 40.2 Å². The monoisotopic (exact) mass is 682 g/mol. The van der Waals surface area contributed by atoms with Crippen molar-refractivity contribution in [3.8, 4) is 11.1 Å². The number of hydrogen-bond acceptors (Lipinski definition) is 6. The van der Waals surface area contributed by atoms with Crippen LogP contribution in [-0.2, 0) is 29.5 Å². The standard InChI is InChI=1S/C40H34N4O7/c45-35(42-40(26-14-4-1-5-15-26,27-16-6-2-7-17-27)28-18-8-3-9-19-28)24-34(41-37(47)38(48)49)36(46)43-44-39(50)51-25-33-31-22-12-10-20-29(31)30-21-11-13-23-32(30)33/h1-23,33-34H,24-25H2,(H,41,47)(H,42,45)(H,43,46)(H,44,50)(H,48,49). The van der Waals surface area contributed by atoms with E-state index in [1.54, 1.807) is 0 Å². The lowest BCUT2D eigenvalue weighted by Crippen LogP contribution is -2.56. The average molecular weight is 683 g/mol. The third-order valence-electron chi connectivity index (χ3n) is 8.78. The molecule has 4 amide bonds. The molecule has 1 atom stereocenters. The molecule has 11 nitrogen and oxygen atoms in total. The smallest absolute Gasteiger partial charge is 0.426 e. The van der Waals surface area contributed by atoms with Gasteiger partial charge in [-0.05, 0) is 38.9 Å². The van der Waals surface area contributed by atoms with Gasteiger partial charge in [0.05, 0.1) is 6.42 Å². The number of fused-ring (bicyclic) bond motifs is 3. The van der Waals surface area contributed by atoms with Crippen LogP contribution in [0.25, 0.3) is 11.1 Å². The lowest BCUT2D eigenvalue weighted by atomic mass is 9.77. The van der Waals surface area contributed by atoms with E-state index in [1.807, 2.05) is 140 Å². The molecule has 0 fully saturated rings. The number of carboxylic acid groups (broad SMARTS) is 1. The van der Waals surface area contributed by atoms with E-state index in [-0.39, 0.29) is 12.5 Å². The summed E-state index contributed by atoms with van der Waals surface area (Å²) in [7, 11) is 0. The minimum Gasteiger partial charge on any atom is -0.474 e. The minimum atomic E-state index is -1.86. The fourth-order valence-corrected chi connectivity index (χ4v) is 6.49. The first-order valence-electron chi connectivity index (χ1n) is 16.2. The van der Waals surface area contributed by atoms with E-state index in [2.05, 4.69) is 21.5 Å². The topological polar surface area (TPSA) is 163 Å². The van der Waals surface area contributed by atoms with Crippen molar-refractivity contribution in [2.75, 3.05) is 6.61 Å². The van der Waals surface area contributed by atoms with Gasteiger partial charge in [0.25, 0.3) is 5.91 Å². The first kappa shape index (κ1) is 34.1. The molecule has 11 heteroatoms. The Morgan fingerprint density at radius 3 is 1.55 bits per heavy atom. The van der Waals surface area contributed by atoms with E-state index in [1.165, 1.54) is 0 Å². The Hall–Kier alpha value is -6.75. The number of carbonyl (C=O) groups excluding carboxylic acids is 4. The Morgan fingerprint density at radius 2 is 1.08 bits per heavy atom. The summed E-state index contributed by atoms with van der Waals surface area (Å²) in [6.07, 6.45) is -1.67. The minimum absolute atomic E-state index is 0.0299. The van der Waals surface area contributed by atoms with Crippen LogP contribution in [-0.4, -0.2) is 47.5 Å². The lowest BCUT2D eigenvalue weighted by molar-refractivity contribution is -0.151. The quantitative estimate of drug-likeness (QED) is 0.0815. The second-order valence-corrected chi connectivity index (χ2v) is 11.9. The number of hydrogen-bond donors (Lipinski definition) is 5. The largest absolute Gasteiger partial charge is 0.474 e. The van der Waals surface area contributed by atoms with Crippen LogP contribution in [0.4, 0.5) is 4.79 Å². The normalized spacial score (nSPS) is 12.4. The van der Waals surface area contributed by atoms with Gasteiger partial charge in [0.15, 0.2) is 0 Å². The molecule has 256 valence electrons. The van der Waals surface area contributed by atoms with E-state index in [0.29, 0.717) is 16.7 Å². The van der Waals surface area contributed by atoms with Crippen molar-refractivity contribution in [2.45, 2.75) is 23.9 Å². The molecule has 0 saturated carbocycles. The maximum Gasteiger partial charge on any atom is 0.426 e. The molecule has 0 aliphatic heterocycles. The second kappa shape index (κ2) is 15.2. The summed E-state index contributed by atoms with van der Waals surface area (Å²) in [5.41, 5.74) is 9.27. The van der Waals surface area contributed by atoms with Gasteiger partial charge in [0, 0.05) is 5.92 Å². The van der Waals surface area contributed by atoms with Crippen molar-refractivity contribution in [3.63, 3.8) is 0 Å². The third-order valence-corrected chi connectivity index (χ3v) is 8.78. The SMILES string of the molecule is O=C(CC(NC(=O)C(=O)O)C(=O)NNC(=O)OCC1c2ccccc2-c2ccccc21)NC(c1ccccc1)(c1ccccc1)c1ccccc1. The number of amides is 4. The summed E-state index contributed by atoms with van der Waals surface area (Å²) in [5.74, 6) is -5.34. The fraction of sp³-hybridized carbons (Fsp3) is 0.125. The van der Waals surface area contributed by atoms with Gasteiger partial charge >= 0.3 is 18.0 Å². The molecular formula is C40H34N4O7. The summed E-state index contributed by atoms with van der Waals surface area (Å²) in [5, 5.41) is 14.4. The van der Waals surface area contributed by atoms with E-state index in [4.69, 9.17) is 4.74 Å². The molecule has 1 aliphatic carbocycles. The van der Waals surface area contributed by atoms with Gasteiger partial charge in [0.2, 0.25) is 5.91 Å². The molecule has 0 bridgehead atoms. The van der Waals surface area contributed by atoms with Crippen LogP contribution in [0.3, 0.4) is 0 Å². The first-order valence-corrected chi connectivity index (χ1v) is 16.2. The molecule has 0 heterocycles. The van der Waals surface area contributed by atoms with Crippen LogP contribution < -0.4 is 21.5 Å². The summed E-state index contributed by atoms with van der Waals surface area (Å²) in [6.45, 7) is -0.0299. The average Bonchev–Trinajstić information content (AvgIpc) is 3.49. The van der Waals surface area contributed by atoms with Crippen molar-refractivity contribution >= 4 is 29.8 Å². The summed E-state index contributed by atoms with van der Waals surface area (Å²) >= 11 is 0. The summed E-state index contributed by atoms with van der Waals surface area (Å²) in [4.78, 5) is 63.7. The van der Waals surface area contributed by atoms with Gasteiger partial charge in [-0.15, -0.1) is 0 Å². The Kier molecular flexibility index (Phi) is 10.2. The molecule has 5 aromatic rings. The van der Waals surface area contributed by atoms with Crippen LogP contribution in [0.5, 0.6) is 0 Å². The van der Waals surface area contributed by atoms with Gasteiger partial charge in [-0.1, -0.05) is 140 Å². The van der Waals surface area contributed by atoms with Crippen molar-refractivity contribution in [1.82, 2.24) is 21.5 Å². The van der Waals surface area contributed by atoms with Crippen LogP contribution >= 0.6 is 0 Å².